The first-order valence-corrected chi connectivity index (χ1v) is 6.66. The summed E-state index contributed by atoms with van der Waals surface area (Å²) in [5.74, 6) is 0. The Morgan fingerprint density at radius 1 is 1.45 bits per heavy atom. The molecule has 1 aliphatic rings. The second kappa shape index (κ2) is 6.27. The van der Waals surface area contributed by atoms with Crippen LogP contribution in [0.25, 0.3) is 0 Å². The Balaban J connectivity index is 2.24. The lowest BCUT2D eigenvalue weighted by Crippen LogP contribution is -2.42. The fourth-order valence-corrected chi connectivity index (χ4v) is 2.60. The summed E-state index contributed by atoms with van der Waals surface area (Å²) in [6, 6.07) is -0.525. The highest BCUT2D eigenvalue weighted by molar-refractivity contribution is 6.29. The summed E-state index contributed by atoms with van der Waals surface area (Å²) < 4.78 is 40.1. The van der Waals surface area contributed by atoms with Gasteiger partial charge in [-0.15, -0.1) is 0 Å². The quantitative estimate of drug-likeness (QED) is 0.729. The number of aliphatic hydroxyl groups excluding tert-OH is 1. The summed E-state index contributed by atoms with van der Waals surface area (Å²) in [6.45, 7) is -0.571. The van der Waals surface area contributed by atoms with Crippen molar-refractivity contribution in [1.29, 1.82) is 0 Å². The number of halogens is 4. The van der Waals surface area contributed by atoms with E-state index in [0.717, 1.165) is 11.1 Å². The van der Waals surface area contributed by atoms with Crippen LogP contribution >= 0.6 is 11.6 Å². The summed E-state index contributed by atoms with van der Waals surface area (Å²) in [7, 11) is 0. The average Bonchev–Trinajstić information content (AvgIpc) is 2.70. The van der Waals surface area contributed by atoms with E-state index in [4.69, 9.17) is 16.7 Å². The molecule has 0 radical (unpaired) electrons. The number of aliphatic hydroxyl groups is 1. The first-order chi connectivity index (χ1) is 10.2. The van der Waals surface area contributed by atoms with Gasteiger partial charge in [-0.25, -0.2) is 9.78 Å². The first-order valence-electron chi connectivity index (χ1n) is 6.28. The first kappa shape index (κ1) is 16.8. The van der Waals surface area contributed by atoms with Gasteiger partial charge in [0.05, 0.1) is 12.1 Å². The molecule has 0 unspecified atom stereocenters. The maximum Gasteiger partial charge on any atom is 0.408 e. The standard InChI is InChI=1S/C12H13ClF3N3O3/c13-9-2-1-6(3-17-9)10(12(14,15)16)19-4-7(8(20)5-19)18-11(21)22/h1-3,7-8,10,18,20H,4-5H2,(H,21,22)/t7-,8-,10-/m1/s1. The lowest BCUT2D eigenvalue weighted by atomic mass is 10.1. The molecule has 0 aliphatic carbocycles. The van der Waals surface area contributed by atoms with Crippen LogP contribution in [-0.4, -0.2) is 57.6 Å². The van der Waals surface area contributed by atoms with Crippen LogP contribution in [0.1, 0.15) is 11.6 Å². The second-order valence-electron chi connectivity index (χ2n) is 4.94. The molecular weight excluding hydrogens is 327 g/mol. The Labute approximate surface area is 128 Å². The topological polar surface area (TPSA) is 85.7 Å². The van der Waals surface area contributed by atoms with Gasteiger partial charge in [-0.05, 0) is 11.6 Å². The predicted octanol–water partition coefficient (Wildman–Crippen LogP) is 1.65. The smallest absolute Gasteiger partial charge is 0.408 e. The van der Waals surface area contributed by atoms with E-state index >= 15 is 0 Å². The van der Waals surface area contributed by atoms with Crippen LogP contribution < -0.4 is 5.32 Å². The van der Waals surface area contributed by atoms with Crippen LogP contribution in [0, 0.1) is 0 Å². The van der Waals surface area contributed by atoms with Crippen molar-refractivity contribution in [3.05, 3.63) is 29.0 Å². The highest BCUT2D eigenvalue weighted by Crippen LogP contribution is 2.39. The molecule has 0 bridgehead atoms. The Kier molecular flexibility index (Phi) is 4.78. The second-order valence-corrected chi connectivity index (χ2v) is 5.32. The molecule has 1 fully saturated rings. The minimum absolute atomic E-state index is 0.0663. The van der Waals surface area contributed by atoms with E-state index in [1.165, 1.54) is 12.1 Å². The van der Waals surface area contributed by atoms with E-state index in [1.54, 1.807) is 0 Å². The van der Waals surface area contributed by atoms with Crippen LogP contribution in [0.2, 0.25) is 5.15 Å². The van der Waals surface area contributed by atoms with E-state index in [0.29, 0.717) is 0 Å². The third-order valence-corrected chi connectivity index (χ3v) is 3.59. The van der Waals surface area contributed by atoms with Gasteiger partial charge in [0, 0.05) is 19.3 Å². The summed E-state index contributed by atoms with van der Waals surface area (Å²) in [5.41, 5.74) is -0.125. The van der Waals surface area contributed by atoms with Gasteiger partial charge in [-0.3, -0.25) is 4.90 Å². The van der Waals surface area contributed by atoms with Gasteiger partial charge >= 0.3 is 12.3 Å². The van der Waals surface area contributed by atoms with Crippen LogP contribution in [0.5, 0.6) is 0 Å². The number of nitrogens with zero attached hydrogens (tertiary/aromatic N) is 2. The van der Waals surface area contributed by atoms with Crippen LogP contribution in [0.3, 0.4) is 0 Å². The zero-order valence-electron chi connectivity index (χ0n) is 11.1. The third kappa shape index (κ3) is 3.79. The number of rotatable bonds is 3. The van der Waals surface area contributed by atoms with Crippen LogP contribution in [-0.2, 0) is 0 Å². The number of aromatic nitrogens is 1. The van der Waals surface area contributed by atoms with Crippen molar-refractivity contribution in [2.24, 2.45) is 0 Å². The average molecular weight is 340 g/mol. The molecule has 3 atom stereocenters. The number of carboxylic acid groups (broad SMARTS) is 1. The fraction of sp³-hybridized carbons (Fsp3) is 0.500. The van der Waals surface area contributed by atoms with Crippen molar-refractivity contribution < 1.29 is 28.2 Å². The number of hydrogen-bond acceptors (Lipinski definition) is 4. The van der Waals surface area contributed by atoms with Gasteiger partial charge in [-0.1, -0.05) is 17.7 Å². The van der Waals surface area contributed by atoms with Crippen molar-refractivity contribution in [2.45, 2.75) is 24.4 Å². The molecule has 3 N–H and O–H groups in total. The summed E-state index contributed by atoms with van der Waals surface area (Å²) in [5, 5.41) is 20.5. The molecule has 10 heteroatoms. The SMILES string of the molecule is O=C(O)N[C@@H]1CN([C@H](c2ccc(Cl)nc2)C(F)(F)F)C[C@H]1O. The van der Waals surface area contributed by atoms with Crippen molar-refractivity contribution in [1.82, 2.24) is 15.2 Å². The van der Waals surface area contributed by atoms with Crippen LogP contribution in [0.4, 0.5) is 18.0 Å². The molecule has 6 nitrogen and oxygen atoms in total. The van der Waals surface area contributed by atoms with Gasteiger partial charge in [0.25, 0.3) is 0 Å². The van der Waals surface area contributed by atoms with Crippen molar-refractivity contribution in [2.75, 3.05) is 13.1 Å². The summed E-state index contributed by atoms with van der Waals surface area (Å²) >= 11 is 5.57. The summed E-state index contributed by atoms with van der Waals surface area (Å²) in [6.07, 6.45) is -6.21. The van der Waals surface area contributed by atoms with Gasteiger partial charge in [0.1, 0.15) is 11.2 Å². The zero-order valence-corrected chi connectivity index (χ0v) is 11.8. The van der Waals surface area contributed by atoms with E-state index in [2.05, 4.69) is 4.98 Å². The minimum Gasteiger partial charge on any atom is -0.465 e. The van der Waals surface area contributed by atoms with E-state index in [-0.39, 0.29) is 23.8 Å². The number of amides is 1. The van der Waals surface area contributed by atoms with E-state index in [9.17, 15) is 23.1 Å². The third-order valence-electron chi connectivity index (χ3n) is 3.37. The number of carbonyl (C=O) groups is 1. The van der Waals surface area contributed by atoms with Crippen molar-refractivity contribution in [3.63, 3.8) is 0 Å². The molecule has 1 aliphatic heterocycles. The molecule has 0 aromatic carbocycles. The van der Waals surface area contributed by atoms with Crippen LogP contribution in [0.15, 0.2) is 18.3 Å². The molecule has 1 aromatic heterocycles. The number of nitrogens with one attached hydrogen (secondary N) is 1. The van der Waals surface area contributed by atoms with Crippen molar-refractivity contribution in [3.8, 4) is 0 Å². The molecule has 0 saturated carbocycles. The van der Waals surface area contributed by atoms with E-state index < -0.39 is 30.5 Å². The van der Waals surface area contributed by atoms with Gasteiger partial charge in [0.15, 0.2) is 0 Å². The molecule has 0 spiro atoms. The Morgan fingerprint density at radius 2 is 2.14 bits per heavy atom. The van der Waals surface area contributed by atoms with E-state index in [1.807, 2.05) is 5.32 Å². The highest BCUT2D eigenvalue weighted by atomic mass is 35.5. The Morgan fingerprint density at radius 3 is 2.64 bits per heavy atom. The number of likely N-dealkylation sites (tertiary alicyclic amines) is 1. The molecule has 2 heterocycles. The lowest BCUT2D eigenvalue weighted by molar-refractivity contribution is -0.184. The summed E-state index contributed by atoms with van der Waals surface area (Å²) in [4.78, 5) is 15.2. The zero-order chi connectivity index (χ0) is 16.5. The Hall–Kier alpha value is -1.58. The lowest BCUT2D eigenvalue weighted by Gasteiger charge is -2.29. The normalized spacial score (nSPS) is 24.2. The molecule has 1 saturated heterocycles. The van der Waals surface area contributed by atoms with Crippen molar-refractivity contribution >= 4 is 17.7 Å². The van der Waals surface area contributed by atoms with Gasteiger partial charge in [0.2, 0.25) is 0 Å². The number of hydrogen-bond donors (Lipinski definition) is 3. The molecule has 1 aromatic rings. The van der Waals surface area contributed by atoms with Gasteiger partial charge in [-0.2, -0.15) is 13.2 Å². The largest absolute Gasteiger partial charge is 0.465 e. The highest BCUT2D eigenvalue weighted by Gasteiger charge is 2.49. The fourth-order valence-electron chi connectivity index (χ4n) is 2.48. The number of pyridine rings is 1. The predicted molar refractivity (Wildman–Crippen MR) is 70.6 cm³/mol. The number of alkyl halides is 3. The monoisotopic (exact) mass is 339 g/mol. The maximum atomic E-state index is 13.4. The molecule has 2 rings (SSSR count). The minimum atomic E-state index is -4.60. The Bertz CT molecular complexity index is 541. The van der Waals surface area contributed by atoms with Gasteiger partial charge < -0.3 is 15.5 Å². The number of β-amino-alcohol motifs (C(OH)–C–C–N with tert-alkyl or cyclic N) is 1. The molecule has 122 valence electrons. The molecular formula is C12H13ClF3N3O3. The maximum absolute atomic E-state index is 13.4. The molecule has 1 amide bonds. The molecule has 22 heavy (non-hydrogen) atoms.